The highest BCUT2D eigenvalue weighted by Crippen LogP contribution is 2.27. The highest BCUT2D eigenvalue weighted by atomic mass is 14.8. The maximum absolute atomic E-state index is 3.48. The monoisotopic (exact) mass is 155 g/mol. The zero-order valence-electron chi connectivity index (χ0n) is 7.95. The maximum Gasteiger partial charge on any atom is -0.00438 e. The van der Waals surface area contributed by atoms with Gasteiger partial charge in [0.15, 0.2) is 0 Å². The van der Waals surface area contributed by atoms with Crippen molar-refractivity contribution in [3.63, 3.8) is 0 Å². The van der Waals surface area contributed by atoms with E-state index in [1.807, 2.05) is 0 Å². The van der Waals surface area contributed by atoms with Crippen molar-refractivity contribution in [1.29, 1.82) is 0 Å². The minimum atomic E-state index is 0.581. The lowest BCUT2D eigenvalue weighted by Gasteiger charge is -2.23. The van der Waals surface area contributed by atoms with Crippen molar-refractivity contribution in [2.75, 3.05) is 13.1 Å². The average Bonchev–Trinajstić information content (AvgIpc) is 2.00. The standard InChI is InChI=1S/C10H21N/c1-10(2)6-4-3-5-8-11-9-7-10/h11H,3-9H2,1-2H3. The molecule has 66 valence electrons. The van der Waals surface area contributed by atoms with E-state index >= 15 is 0 Å². The molecule has 1 heteroatoms. The van der Waals surface area contributed by atoms with Gasteiger partial charge in [-0.25, -0.2) is 0 Å². The summed E-state index contributed by atoms with van der Waals surface area (Å²) in [4.78, 5) is 0. The predicted octanol–water partition coefficient (Wildman–Crippen LogP) is 2.57. The Kier molecular flexibility index (Phi) is 3.38. The van der Waals surface area contributed by atoms with E-state index in [2.05, 4.69) is 19.2 Å². The lowest BCUT2D eigenvalue weighted by molar-refractivity contribution is 0.300. The third-order valence-corrected chi connectivity index (χ3v) is 2.69. The summed E-state index contributed by atoms with van der Waals surface area (Å²) in [5.41, 5.74) is 0.581. The maximum atomic E-state index is 3.48. The van der Waals surface area contributed by atoms with Gasteiger partial charge in [-0.1, -0.05) is 26.7 Å². The van der Waals surface area contributed by atoms with Crippen molar-refractivity contribution < 1.29 is 0 Å². The summed E-state index contributed by atoms with van der Waals surface area (Å²) in [5, 5.41) is 3.48. The summed E-state index contributed by atoms with van der Waals surface area (Å²) < 4.78 is 0. The minimum absolute atomic E-state index is 0.581. The molecule has 1 saturated heterocycles. The fourth-order valence-corrected chi connectivity index (χ4v) is 1.71. The van der Waals surface area contributed by atoms with Crippen molar-refractivity contribution in [3.8, 4) is 0 Å². The van der Waals surface area contributed by atoms with Crippen molar-refractivity contribution in [3.05, 3.63) is 0 Å². The van der Waals surface area contributed by atoms with E-state index in [9.17, 15) is 0 Å². The van der Waals surface area contributed by atoms with Crippen LogP contribution in [0.3, 0.4) is 0 Å². The van der Waals surface area contributed by atoms with E-state index in [1.54, 1.807) is 0 Å². The summed E-state index contributed by atoms with van der Waals surface area (Å²) in [6.45, 7) is 7.23. The van der Waals surface area contributed by atoms with Crippen LogP contribution in [0.5, 0.6) is 0 Å². The number of nitrogens with one attached hydrogen (secondary N) is 1. The molecular weight excluding hydrogens is 134 g/mol. The molecule has 0 aromatic heterocycles. The zero-order chi connectivity index (χ0) is 8.16. The van der Waals surface area contributed by atoms with Crippen molar-refractivity contribution in [2.24, 2.45) is 5.41 Å². The van der Waals surface area contributed by atoms with Gasteiger partial charge in [0.1, 0.15) is 0 Å². The van der Waals surface area contributed by atoms with Crippen LogP contribution in [0.25, 0.3) is 0 Å². The van der Waals surface area contributed by atoms with E-state index in [-0.39, 0.29) is 0 Å². The van der Waals surface area contributed by atoms with Crippen LogP contribution in [-0.2, 0) is 0 Å². The molecule has 1 fully saturated rings. The molecule has 0 radical (unpaired) electrons. The Balaban J connectivity index is 2.31. The molecular formula is C10H21N. The molecule has 1 heterocycles. The Morgan fingerprint density at radius 1 is 0.909 bits per heavy atom. The molecule has 0 aromatic carbocycles. The molecule has 0 aromatic rings. The first kappa shape index (κ1) is 9.05. The zero-order valence-corrected chi connectivity index (χ0v) is 7.95. The highest BCUT2D eigenvalue weighted by molar-refractivity contribution is 4.71. The van der Waals surface area contributed by atoms with E-state index in [0.717, 1.165) is 0 Å². The first-order valence-electron chi connectivity index (χ1n) is 4.91. The van der Waals surface area contributed by atoms with Gasteiger partial charge >= 0.3 is 0 Å². The SMILES string of the molecule is CC1(C)CCCCCNCC1. The van der Waals surface area contributed by atoms with Crippen LogP contribution in [0, 0.1) is 5.41 Å². The Hall–Kier alpha value is -0.0400. The van der Waals surface area contributed by atoms with Gasteiger partial charge in [0, 0.05) is 0 Å². The summed E-state index contributed by atoms with van der Waals surface area (Å²) >= 11 is 0. The lowest BCUT2D eigenvalue weighted by Crippen LogP contribution is -2.21. The molecule has 0 unspecified atom stereocenters. The Morgan fingerprint density at radius 2 is 1.73 bits per heavy atom. The quantitative estimate of drug-likeness (QED) is 0.567. The normalized spacial score (nSPS) is 26.7. The third kappa shape index (κ3) is 3.76. The van der Waals surface area contributed by atoms with Crippen LogP contribution in [0.15, 0.2) is 0 Å². The largest absolute Gasteiger partial charge is 0.317 e. The summed E-state index contributed by atoms with van der Waals surface area (Å²) in [7, 11) is 0. The van der Waals surface area contributed by atoms with Crippen molar-refractivity contribution in [2.45, 2.75) is 46.0 Å². The fraction of sp³-hybridized carbons (Fsp3) is 1.00. The molecule has 1 aliphatic rings. The van der Waals surface area contributed by atoms with Crippen LogP contribution in [0.1, 0.15) is 46.0 Å². The second-order valence-electron chi connectivity index (χ2n) is 4.47. The molecule has 0 aliphatic carbocycles. The van der Waals surface area contributed by atoms with Gasteiger partial charge in [0.25, 0.3) is 0 Å². The Labute approximate surface area is 70.6 Å². The van der Waals surface area contributed by atoms with Gasteiger partial charge in [-0.05, 0) is 37.8 Å². The van der Waals surface area contributed by atoms with Crippen molar-refractivity contribution >= 4 is 0 Å². The summed E-state index contributed by atoms with van der Waals surface area (Å²) in [6.07, 6.45) is 6.96. The van der Waals surface area contributed by atoms with Crippen LogP contribution in [0.2, 0.25) is 0 Å². The van der Waals surface area contributed by atoms with Gasteiger partial charge in [-0.15, -0.1) is 0 Å². The van der Waals surface area contributed by atoms with E-state index in [0.29, 0.717) is 5.41 Å². The van der Waals surface area contributed by atoms with Gasteiger partial charge in [0.05, 0.1) is 0 Å². The first-order valence-corrected chi connectivity index (χ1v) is 4.91. The molecule has 1 rings (SSSR count). The molecule has 0 atom stereocenters. The van der Waals surface area contributed by atoms with E-state index in [1.165, 1.54) is 45.2 Å². The van der Waals surface area contributed by atoms with Crippen LogP contribution >= 0.6 is 0 Å². The van der Waals surface area contributed by atoms with Gasteiger partial charge in [0.2, 0.25) is 0 Å². The smallest absolute Gasteiger partial charge is 0.00438 e. The molecule has 0 bridgehead atoms. The average molecular weight is 155 g/mol. The molecule has 1 N–H and O–H groups in total. The first-order chi connectivity index (χ1) is 5.21. The van der Waals surface area contributed by atoms with Gasteiger partial charge in [-0.2, -0.15) is 0 Å². The third-order valence-electron chi connectivity index (χ3n) is 2.69. The predicted molar refractivity (Wildman–Crippen MR) is 49.7 cm³/mol. The van der Waals surface area contributed by atoms with E-state index in [4.69, 9.17) is 0 Å². The molecule has 11 heavy (non-hydrogen) atoms. The Morgan fingerprint density at radius 3 is 2.55 bits per heavy atom. The van der Waals surface area contributed by atoms with Crippen LogP contribution in [0.4, 0.5) is 0 Å². The van der Waals surface area contributed by atoms with Crippen LogP contribution in [-0.4, -0.2) is 13.1 Å². The molecule has 1 aliphatic heterocycles. The summed E-state index contributed by atoms with van der Waals surface area (Å²) in [5.74, 6) is 0. The molecule has 1 nitrogen and oxygen atoms in total. The molecule has 0 spiro atoms. The van der Waals surface area contributed by atoms with Gasteiger partial charge < -0.3 is 5.32 Å². The number of hydrogen-bond donors (Lipinski definition) is 1. The Bertz CT molecular complexity index is 95.4. The fourth-order valence-electron chi connectivity index (χ4n) is 1.71. The lowest BCUT2D eigenvalue weighted by atomic mass is 9.84. The van der Waals surface area contributed by atoms with Crippen molar-refractivity contribution in [1.82, 2.24) is 5.32 Å². The topological polar surface area (TPSA) is 12.0 Å². The van der Waals surface area contributed by atoms with E-state index < -0.39 is 0 Å². The highest BCUT2D eigenvalue weighted by Gasteiger charge is 2.17. The molecule has 0 saturated carbocycles. The minimum Gasteiger partial charge on any atom is -0.317 e. The number of rotatable bonds is 0. The van der Waals surface area contributed by atoms with Gasteiger partial charge in [-0.3, -0.25) is 0 Å². The number of hydrogen-bond acceptors (Lipinski definition) is 1. The molecule has 0 amide bonds. The second kappa shape index (κ2) is 4.10. The van der Waals surface area contributed by atoms with Crippen LogP contribution < -0.4 is 5.32 Å². The summed E-state index contributed by atoms with van der Waals surface area (Å²) in [6, 6.07) is 0. The second-order valence-corrected chi connectivity index (χ2v) is 4.47.